The van der Waals surface area contributed by atoms with Gasteiger partial charge in [-0.25, -0.2) is 9.78 Å². The third kappa shape index (κ3) is 4.11. The number of aromatic nitrogens is 1. The lowest BCUT2D eigenvalue weighted by molar-refractivity contribution is -0.116. The van der Waals surface area contributed by atoms with E-state index in [9.17, 15) is 9.59 Å². The lowest BCUT2D eigenvalue weighted by Crippen LogP contribution is -2.45. The summed E-state index contributed by atoms with van der Waals surface area (Å²) in [5.74, 6) is -0.0457. The average Bonchev–Trinajstić information content (AvgIpc) is 3.09. The highest BCUT2D eigenvalue weighted by molar-refractivity contribution is 7.09. The normalized spacial score (nSPS) is 13.0. The number of rotatable bonds is 5. The predicted octanol–water partition coefficient (Wildman–Crippen LogP) is 3.57. The van der Waals surface area contributed by atoms with Crippen LogP contribution >= 0.6 is 11.3 Å². The molecule has 0 aliphatic rings. The van der Waals surface area contributed by atoms with E-state index in [1.54, 1.807) is 42.4 Å². The zero-order valence-electron chi connectivity index (χ0n) is 14.3. The minimum absolute atomic E-state index is 0.0457. The van der Waals surface area contributed by atoms with Gasteiger partial charge < -0.3 is 15.5 Å². The quantitative estimate of drug-likeness (QED) is 0.869. The molecule has 2 N–H and O–H groups in total. The minimum atomic E-state index is -0.507. The SMILES string of the molecule is CC[C@](C)(NC(=O)Nc1ccc(N(C)C(C)=O)cc1)c1nccs1. The van der Waals surface area contributed by atoms with Gasteiger partial charge in [0.15, 0.2) is 0 Å². The number of hydrogen-bond donors (Lipinski definition) is 2. The first-order chi connectivity index (χ1) is 11.4. The Morgan fingerprint density at radius 3 is 2.46 bits per heavy atom. The summed E-state index contributed by atoms with van der Waals surface area (Å²) in [6, 6.07) is 6.82. The average molecular weight is 346 g/mol. The van der Waals surface area contributed by atoms with Crippen molar-refractivity contribution in [1.29, 1.82) is 0 Å². The molecule has 0 unspecified atom stereocenters. The Bertz CT molecular complexity index is 700. The van der Waals surface area contributed by atoms with E-state index in [-0.39, 0.29) is 11.9 Å². The van der Waals surface area contributed by atoms with Crippen molar-refractivity contribution in [2.24, 2.45) is 0 Å². The third-order valence-corrected chi connectivity index (χ3v) is 5.02. The van der Waals surface area contributed by atoms with E-state index in [4.69, 9.17) is 0 Å². The van der Waals surface area contributed by atoms with Crippen molar-refractivity contribution in [2.75, 3.05) is 17.3 Å². The topological polar surface area (TPSA) is 74.3 Å². The lowest BCUT2D eigenvalue weighted by Gasteiger charge is -2.27. The molecule has 0 bridgehead atoms. The Hall–Kier alpha value is -2.41. The van der Waals surface area contributed by atoms with Gasteiger partial charge in [-0.1, -0.05) is 6.92 Å². The summed E-state index contributed by atoms with van der Waals surface area (Å²) in [5, 5.41) is 8.57. The summed E-state index contributed by atoms with van der Waals surface area (Å²) in [5.41, 5.74) is 0.924. The molecule has 24 heavy (non-hydrogen) atoms. The van der Waals surface area contributed by atoms with E-state index in [0.29, 0.717) is 5.69 Å². The number of anilines is 2. The van der Waals surface area contributed by atoms with Gasteiger partial charge in [0.25, 0.3) is 0 Å². The molecule has 3 amide bonds. The van der Waals surface area contributed by atoms with Crippen molar-refractivity contribution in [3.8, 4) is 0 Å². The van der Waals surface area contributed by atoms with Gasteiger partial charge in [0.05, 0.1) is 5.54 Å². The molecule has 0 saturated heterocycles. The van der Waals surface area contributed by atoms with Crippen LogP contribution in [0.25, 0.3) is 0 Å². The van der Waals surface area contributed by atoms with Gasteiger partial charge in [-0.05, 0) is 37.6 Å². The maximum absolute atomic E-state index is 12.3. The van der Waals surface area contributed by atoms with E-state index in [1.807, 2.05) is 19.2 Å². The number of hydrogen-bond acceptors (Lipinski definition) is 4. The van der Waals surface area contributed by atoms with Crippen LogP contribution < -0.4 is 15.5 Å². The van der Waals surface area contributed by atoms with Crippen LogP contribution in [0.4, 0.5) is 16.2 Å². The molecule has 2 rings (SSSR count). The molecular weight excluding hydrogens is 324 g/mol. The standard InChI is InChI=1S/C17H22N4O2S/c1-5-17(3,15-18-10-11-24-15)20-16(23)19-13-6-8-14(9-7-13)21(4)12(2)22/h6-11H,5H2,1-4H3,(H2,19,20,23)/t17-/m0/s1. The van der Waals surface area contributed by atoms with Crippen LogP contribution in [0.1, 0.15) is 32.2 Å². The number of thiazole rings is 1. The first-order valence-electron chi connectivity index (χ1n) is 7.69. The molecule has 1 aromatic heterocycles. The molecule has 2 aromatic rings. The van der Waals surface area contributed by atoms with Crippen molar-refractivity contribution in [3.63, 3.8) is 0 Å². The van der Waals surface area contributed by atoms with Gasteiger partial charge in [-0.3, -0.25) is 4.79 Å². The van der Waals surface area contributed by atoms with Crippen molar-refractivity contribution < 1.29 is 9.59 Å². The van der Waals surface area contributed by atoms with E-state index in [0.717, 1.165) is 17.1 Å². The summed E-state index contributed by atoms with van der Waals surface area (Å²) in [7, 11) is 1.71. The Morgan fingerprint density at radius 1 is 1.29 bits per heavy atom. The van der Waals surface area contributed by atoms with Gasteiger partial charge in [0, 0.05) is 36.9 Å². The molecule has 0 spiro atoms. The van der Waals surface area contributed by atoms with Gasteiger partial charge in [-0.2, -0.15) is 0 Å². The van der Waals surface area contributed by atoms with E-state index in [1.165, 1.54) is 18.3 Å². The van der Waals surface area contributed by atoms with Gasteiger partial charge in [0.2, 0.25) is 5.91 Å². The molecule has 128 valence electrons. The number of carbonyl (C=O) groups excluding carboxylic acids is 2. The summed E-state index contributed by atoms with van der Waals surface area (Å²) < 4.78 is 0. The zero-order chi connectivity index (χ0) is 17.7. The molecule has 1 heterocycles. The van der Waals surface area contributed by atoms with Crippen molar-refractivity contribution >= 4 is 34.6 Å². The first kappa shape index (κ1) is 17.9. The van der Waals surface area contributed by atoms with Crippen LogP contribution in [0.5, 0.6) is 0 Å². The minimum Gasteiger partial charge on any atom is -0.326 e. The molecule has 0 aliphatic carbocycles. The van der Waals surface area contributed by atoms with Crippen LogP contribution in [0.3, 0.4) is 0 Å². The molecule has 1 aromatic carbocycles. The van der Waals surface area contributed by atoms with Crippen molar-refractivity contribution in [1.82, 2.24) is 10.3 Å². The monoisotopic (exact) mass is 346 g/mol. The van der Waals surface area contributed by atoms with Gasteiger partial charge in [-0.15, -0.1) is 11.3 Å². The number of urea groups is 1. The van der Waals surface area contributed by atoms with E-state index >= 15 is 0 Å². The maximum Gasteiger partial charge on any atom is 0.320 e. The second kappa shape index (κ2) is 7.44. The second-order valence-electron chi connectivity index (χ2n) is 5.73. The number of nitrogens with zero attached hydrogens (tertiary/aromatic N) is 2. The lowest BCUT2D eigenvalue weighted by atomic mass is 10.0. The summed E-state index contributed by atoms with van der Waals surface area (Å²) in [6.07, 6.45) is 2.47. The Morgan fingerprint density at radius 2 is 1.96 bits per heavy atom. The molecule has 7 heteroatoms. The fourth-order valence-electron chi connectivity index (χ4n) is 2.15. The Balaban J connectivity index is 2.03. The Labute approximate surface area is 145 Å². The molecular formula is C17H22N4O2S. The molecule has 0 radical (unpaired) electrons. The second-order valence-corrected chi connectivity index (χ2v) is 6.62. The number of nitrogens with one attached hydrogen (secondary N) is 2. The summed E-state index contributed by atoms with van der Waals surface area (Å²) >= 11 is 1.52. The van der Waals surface area contributed by atoms with Crippen molar-refractivity contribution in [2.45, 2.75) is 32.7 Å². The van der Waals surface area contributed by atoms with Crippen LogP contribution in [-0.2, 0) is 10.3 Å². The van der Waals surface area contributed by atoms with Gasteiger partial charge in [0.1, 0.15) is 5.01 Å². The molecule has 0 fully saturated rings. The maximum atomic E-state index is 12.3. The third-order valence-electron chi connectivity index (χ3n) is 3.99. The highest BCUT2D eigenvalue weighted by atomic mass is 32.1. The highest BCUT2D eigenvalue weighted by Gasteiger charge is 2.29. The fourth-order valence-corrected chi connectivity index (χ4v) is 2.98. The van der Waals surface area contributed by atoms with E-state index in [2.05, 4.69) is 15.6 Å². The predicted molar refractivity (Wildman–Crippen MR) is 97.4 cm³/mol. The fraction of sp³-hybridized carbons (Fsp3) is 0.353. The number of benzene rings is 1. The van der Waals surface area contributed by atoms with Crippen LogP contribution in [0, 0.1) is 0 Å². The summed E-state index contributed by atoms with van der Waals surface area (Å²) in [4.78, 5) is 29.5. The van der Waals surface area contributed by atoms with Crippen LogP contribution in [-0.4, -0.2) is 24.0 Å². The Kier molecular flexibility index (Phi) is 5.56. The highest BCUT2D eigenvalue weighted by Crippen LogP contribution is 2.26. The van der Waals surface area contributed by atoms with E-state index < -0.39 is 5.54 Å². The summed E-state index contributed by atoms with van der Waals surface area (Å²) in [6.45, 7) is 5.47. The number of carbonyl (C=O) groups is 2. The van der Waals surface area contributed by atoms with Gasteiger partial charge >= 0.3 is 6.03 Å². The largest absolute Gasteiger partial charge is 0.326 e. The number of amides is 3. The molecule has 1 atom stereocenters. The molecule has 0 saturated carbocycles. The zero-order valence-corrected chi connectivity index (χ0v) is 15.1. The smallest absolute Gasteiger partial charge is 0.320 e. The van der Waals surface area contributed by atoms with Crippen molar-refractivity contribution in [3.05, 3.63) is 40.8 Å². The first-order valence-corrected chi connectivity index (χ1v) is 8.57. The molecule has 0 aliphatic heterocycles. The molecule has 6 nitrogen and oxygen atoms in total. The van der Waals surface area contributed by atoms with Crippen LogP contribution in [0.15, 0.2) is 35.8 Å². The van der Waals surface area contributed by atoms with Crippen LogP contribution in [0.2, 0.25) is 0 Å².